The molecule has 2 N–H and O–H groups in total. The van der Waals surface area contributed by atoms with Crippen molar-refractivity contribution in [1.29, 1.82) is 0 Å². The third-order valence-corrected chi connectivity index (χ3v) is 5.83. The Morgan fingerprint density at radius 1 is 1.10 bits per heavy atom. The Hall–Kier alpha value is -3.03. The molecule has 0 atom stereocenters. The molecule has 8 heteroatoms. The molecule has 3 aromatic heterocycles. The molecule has 4 heterocycles. The molecule has 0 saturated carbocycles. The van der Waals surface area contributed by atoms with Crippen LogP contribution < -0.4 is 10.6 Å². The lowest BCUT2D eigenvalue weighted by Gasteiger charge is -2.22. The van der Waals surface area contributed by atoms with Gasteiger partial charge in [-0.25, -0.2) is 4.39 Å². The van der Waals surface area contributed by atoms with Crippen molar-refractivity contribution < 1.29 is 4.39 Å². The molecule has 0 radical (unpaired) electrons. The molecular formula is C23H22ClFN6. The Balaban J connectivity index is 1.42. The van der Waals surface area contributed by atoms with Gasteiger partial charge in [0.1, 0.15) is 16.9 Å². The minimum Gasteiger partial charge on any atom is -0.353 e. The molecule has 158 valence electrons. The fourth-order valence-electron chi connectivity index (χ4n) is 4.00. The molecule has 1 fully saturated rings. The van der Waals surface area contributed by atoms with Crippen LogP contribution in [0.3, 0.4) is 0 Å². The smallest absolute Gasteiger partial charge is 0.134 e. The van der Waals surface area contributed by atoms with E-state index in [0.717, 1.165) is 54.9 Å². The maximum atomic E-state index is 14.3. The second-order valence-electron chi connectivity index (χ2n) is 7.82. The normalized spacial score (nSPS) is 14.8. The van der Waals surface area contributed by atoms with Crippen molar-refractivity contribution in [3.8, 4) is 11.3 Å². The van der Waals surface area contributed by atoms with Gasteiger partial charge in [0.2, 0.25) is 0 Å². The number of benzene rings is 1. The van der Waals surface area contributed by atoms with Gasteiger partial charge in [0.05, 0.1) is 17.6 Å². The van der Waals surface area contributed by atoms with Gasteiger partial charge < -0.3 is 10.6 Å². The van der Waals surface area contributed by atoms with Gasteiger partial charge in [0.25, 0.3) is 0 Å². The number of hydrogen-bond acceptors (Lipinski definition) is 5. The van der Waals surface area contributed by atoms with Crippen LogP contribution in [0.2, 0.25) is 5.02 Å². The summed E-state index contributed by atoms with van der Waals surface area (Å²) in [6.45, 7) is 3.02. The lowest BCUT2D eigenvalue weighted by molar-refractivity contribution is 0.322. The number of rotatable bonds is 5. The van der Waals surface area contributed by atoms with Crippen molar-refractivity contribution in [2.45, 2.75) is 19.4 Å². The Labute approximate surface area is 184 Å². The second-order valence-corrected chi connectivity index (χ2v) is 8.25. The molecule has 4 aromatic rings. The second kappa shape index (κ2) is 8.61. The summed E-state index contributed by atoms with van der Waals surface area (Å²) in [4.78, 5) is 8.78. The minimum atomic E-state index is -0.364. The number of nitrogens with zero attached hydrogens (tertiary/aromatic N) is 4. The van der Waals surface area contributed by atoms with E-state index in [1.807, 2.05) is 23.0 Å². The number of fused-ring (bicyclic) bond motifs is 1. The van der Waals surface area contributed by atoms with E-state index >= 15 is 0 Å². The average molecular weight is 437 g/mol. The summed E-state index contributed by atoms with van der Waals surface area (Å²) in [6, 6.07) is 9.98. The summed E-state index contributed by atoms with van der Waals surface area (Å²) in [6.07, 6.45) is 7.73. The van der Waals surface area contributed by atoms with Gasteiger partial charge in [-0.05, 0) is 68.2 Å². The lowest BCUT2D eigenvalue weighted by Crippen LogP contribution is -2.29. The zero-order chi connectivity index (χ0) is 21.2. The summed E-state index contributed by atoms with van der Waals surface area (Å²) in [5.74, 6) is 0.263. The van der Waals surface area contributed by atoms with Crippen LogP contribution in [0.1, 0.15) is 12.8 Å². The summed E-state index contributed by atoms with van der Waals surface area (Å²) >= 11 is 6.04. The number of anilines is 2. The summed E-state index contributed by atoms with van der Waals surface area (Å²) < 4.78 is 16.3. The number of halogens is 2. The third kappa shape index (κ3) is 4.38. The highest BCUT2D eigenvalue weighted by atomic mass is 35.5. The fourth-order valence-corrected chi connectivity index (χ4v) is 4.17. The molecule has 1 aromatic carbocycles. The largest absolute Gasteiger partial charge is 0.353 e. The molecule has 5 rings (SSSR count). The van der Waals surface area contributed by atoms with Crippen LogP contribution in [0.25, 0.3) is 22.3 Å². The van der Waals surface area contributed by atoms with Gasteiger partial charge in [-0.3, -0.25) is 14.6 Å². The number of nitrogens with one attached hydrogen (secondary N) is 2. The van der Waals surface area contributed by atoms with Gasteiger partial charge in [-0.1, -0.05) is 11.6 Å². The maximum Gasteiger partial charge on any atom is 0.134 e. The van der Waals surface area contributed by atoms with Crippen LogP contribution in [0.5, 0.6) is 0 Å². The Bertz CT molecular complexity index is 1220. The Morgan fingerprint density at radius 2 is 1.94 bits per heavy atom. The highest BCUT2D eigenvalue weighted by molar-refractivity contribution is 6.30. The number of pyridine rings is 2. The Morgan fingerprint density at radius 3 is 2.81 bits per heavy atom. The molecule has 0 aliphatic carbocycles. The van der Waals surface area contributed by atoms with Gasteiger partial charge in [0, 0.05) is 35.2 Å². The van der Waals surface area contributed by atoms with Crippen LogP contribution in [0.15, 0.2) is 55.0 Å². The molecular weight excluding hydrogens is 415 g/mol. The number of hydrogen-bond donors (Lipinski definition) is 2. The van der Waals surface area contributed by atoms with Crippen LogP contribution in [0, 0.1) is 11.7 Å². The van der Waals surface area contributed by atoms with E-state index < -0.39 is 0 Å². The Kier molecular flexibility index (Phi) is 5.53. The first kappa shape index (κ1) is 19.9. The van der Waals surface area contributed by atoms with E-state index in [1.165, 1.54) is 12.1 Å². The standard InChI is InChI=1S/C23H22ClFN6/c24-16-1-2-19(25)18(11-16)21-12-17(5-9-27-21)29-20-6-10-28-22-14-31(30-23(20)22)13-15-3-7-26-8-4-15/h1-2,5-6,9-12,14-15,26H,3-4,7-8,13H2,(H,27,29). The molecule has 0 bridgehead atoms. The van der Waals surface area contributed by atoms with Gasteiger partial charge >= 0.3 is 0 Å². The van der Waals surface area contributed by atoms with E-state index in [0.29, 0.717) is 22.2 Å². The molecule has 31 heavy (non-hydrogen) atoms. The minimum absolute atomic E-state index is 0.363. The van der Waals surface area contributed by atoms with E-state index in [4.69, 9.17) is 16.7 Å². The van der Waals surface area contributed by atoms with Gasteiger partial charge in [-0.2, -0.15) is 5.10 Å². The van der Waals surface area contributed by atoms with Crippen LogP contribution in [0.4, 0.5) is 15.8 Å². The molecule has 0 spiro atoms. The highest BCUT2D eigenvalue weighted by Gasteiger charge is 2.16. The zero-order valence-corrected chi connectivity index (χ0v) is 17.6. The average Bonchev–Trinajstić information content (AvgIpc) is 3.20. The van der Waals surface area contributed by atoms with E-state index in [1.54, 1.807) is 24.5 Å². The topological polar surface area (TPSA) is 67.7 Å². The number of aromatic nitrogens is 4. The zero-order valence-electron chi connectivity index (χ0n) is 16.9. The first-order valence-corrected chi connectivity index (χ1v) is 10.7. The predicted molar refractivity (Wildman–Crippen MR) is 121 cm³/mol. The van der Waals surface area contributed by atoms with Crippen LogP contribution >= 0.6 is 11.6 Å². The molecule has 1 aliphatic heterocycles. The van der Waals surface area contributed by atoms with Crippen molar-refractivity contribution >= 4 is 34.0 Å². The van der Waals surface area contributed by atoms with E-state index in [9.17, 15) is 4.39 Å². The van der Waals surface area contributed by atoms with E-state index in [-0.39, 0.29) is 5.82 Å². The summed E-state index contributed by atoms with van der Waals surface area (Å²) in [5, 5.41) is 12.0. The molecule has 1 aliphatic rings. The van der Waals surface area contributed by atoms with Gasteiger partial charge in [0.15, 0.2) is 0 Å². The first-order valence-electron chi connectivity index (χ1n) is 10.4. The summed E-state index contributed by atoms with van der Waals surface area (Å²) in [5.41, 5.74) is 4.15. The predicted octanol–water partition coefficient (Wildman–Crippen LogP) is 5.03. The van der Waals surface area contributed by atoms with Gasteiger partial charge in [-0.15, -0.1) is 0 Å². The molecule has 0 amide bonds. The first-order chi connectivity index (χ1) is 15.2. The molecule has 6 nitrogen and oxygen atoms in total. The highest BCUT2D eigenvalue weighted by Crippen LogP contribution is 2.29. The van der Waals surface area contributed by atoms with Crippen LogP contribution in [-0.4, -0.2) is 32.8 Å². The SMILES string of the molecule is Fc1ccc(Cl)cc1-c1cc(Nc2ccnc3cn(CC4CCNCC4)nc23)ccn1. The van der Waals surface area contributed by atoms with E-state index in [2.05, 4.69) is 20.6 Å². The van der Waals surface area contributed by atoms with Crippen molar-refractivity contribution in [3.05, 3.63) is 65.8 Å². The van der Waals surface area contributed by atoms with Crippen molar-refractivity contribution in [1.82, 2.24) is 25.1 Å². The monoisotopic (exact) mass is 436 g/mol. The lowest BCUT2D eigenvalue weighted by atomic mass is 9.98. The van der Waals surface area contributed by atoms with Crippen molar-refractivity contribution in [3.63, 3.8) is 0 Å². The van der Waals surface area contributed by atoms with Crippen LogP contribution in [-0.2, 0) is 6.54 Å². The maximum absolute atomic E-state index is 14.3. The van der Waals surface area contributed by atoms with Crippen molar-refractivity contribution in [2.24, 2.45) is 5.92 Å². The fraction of sp³-hybridized carbons (Fsp3) is 0.261. The molecule has 0 unspecified atom stereocenters. The summed E-state index contributed by atoms with van der Waals surface area (Å²) in [7, 11) is 0. The van der Waals surface area contributed by atoms with Crippen molar-refractivity contribution in [2.75, 3.05) is 18.4 Å². The molecule has 1 saturated heterocycles. The number of piperidine rings is 1. The quantitative estimate of drug-likeness (QED) is 0.459. The third-order valence-electron chi connectivity index (χ3n) is 5.60.